The topological polar surface area (TPSA) is 168 Å². The smallest absolute Gasteiger partial charge is 0.275 e. The molecule has 46 heavy (non-hydrogen) atoms. The van der Waals surface area contributed by atoms with Crippen LogP contribution in [0, 0.1) is 17.5 Å². The van der Waals surface area contributed by atoms with Gasteiger partial charge in [-0.1, -0.05) is 12.1 Å². The van der Waals surface area contributed by atoms with Crippen LogP contribution in [0.5, 0.6) is 5.75 Å². The van der Waals surface area contributed by atoms with Crippen molar-refractivity contribution in [1.82, 2.24) is 10.8 Å². The Balaban J connectivity index is 1.18. The number of nitrogens with one attached hydrogen (secondary N) is 2. The number of aliphatic hydroxyl groups excluding tert-OH is 4. The summed E-state index contributed by atoms with van der Waals surface area (Å²) in [4.78, 5) is 18.0. The Morgan fingerprint density at radius 3 is 2.37 bits per heavy atom. The molecule has 0 unspecified atom stereocenters. The maximum absolute atomic E-state index is 14.9. The van der Waals surface area contributed by atoms with Crippen LogP contribution < -0.4 is 15.5 Å². The Hall–Kier alpha value is -3.77. The number of rotatable bonds is 9. The lowest BCUT2D eigenvalue weighted by atomic mass is 9.83. The van der Waals surface area contributed by atoms with Crippen LogP contribution in [0.3, 0.4) is 0 Å². The molecule has 1 saturated carbocycles. The molecule has 6 N–H and O–H groups in total. The Bertz CT molecular complexity index is 1510. The van der Waals surface area contributed by atoms with E-state index in [0.717, 1.165) is 24.3 Å². The number of ether oxygens (including phenoxy) is 4. The standard InChI is InChI=1S/C30H32F4N2O10/c1-12(29(41)35-21-23(38)25(40)28-27(24(21)39)42-11-43-28)7-14-4-6-19(18(33)8-14)45-30-20(34)22(37)26(46-30)13(2)36-44-10-15-3-5-16(31)17(32)9-15/h3-9,20-25,27-28,30,36-40H,10-11H2,1-2H3,(H,35,41)/t20-,21-,22+,23+,24-,25-,27+,28-,30-/m1/s1. The van der Waals surface area contributed by atoms with E-state index in [-0.39, 0.29) is 36.0 Å². The second-order valence-electron chi connectivity index (χ2n) is 11.0. The number of hydrogen-bond acceptors (Lipinski definition) is 11. The van der Waals surface area contributed by atoms with Crippen LogP contribution in [0.1, 0.15) is 25.0 Å². The molecule has 2 aromatic rings. The number of hydroxylamine groups is 1. The average molecular weight is 657 g/mol. The molecule has 12 nitrogen and oxygen atoms in total. The molecular formula is C30H32F4N2O10. The van der Waals surface area contributed by atoms with Gasteiger partial charge in [0.25, 0.3) is 6.29 Å². The third-order valence-electron chi connectivity index (χ3n) is 7.73. The molecule has 2 aliphatic heterocycles. The van der Waals surface area contributed by atoms with Crippen molar-refractivity contribution in [1.29, 1.82) is 0 Å². The normalized spacial score (nSPS) is 32.0. The Morgan fingerprint density at radius 2 is 1.67 bits per heavy atom. The predicted octanol–water partition coefficient (Wildman–Crippen LogP) is 1.22. The molecule has 3 aliphatic rings. The van der Waals surface area contributed by atoms with Crippen LogP contribution in [0.2, 0.25) is 0 Å². The molecule has 0 spiro atoms. The van der Waals surface area contributed by atoms with Crippen molar-refractivity contribution in [3.8, 4) is 5.75 Å². The van der Waals surface area contributed by atoms with Crippen molar-refractivity contribution in [2.75, 3.05) is 6.79 Å². The Kier molecular flexibility index (Phi) is 10.2. The number of hydrogen-bond donors (Lipinski definition) is 6. The van der Waals surface area contributed by atoms with Gasteiger partial charge in [-0.05, 0) is 55.3 Å². The van der Waals surface area contributed by atoms with Crippen molar-refractivity contribution in [3.63, 3.8) is 0 Å². The van der Waals surface area contributed by atoms with Crippen LogP contribution in [0.4, 0.5) is 17.6 Å². The van der Waals surface area contributed by atoms with Gasteiger partial charge in [0.1, 0.15) is 37.3 Å². The molecule has 2 heterocycles. The van der Waals surface area contributed by atoms with Gasteiger partial charge in [-0.2, -0.15) is 0 Å². The first-order valence-electron chi connectivity index (χ1n) is 14.1. The lowest BCUT2D eigenvalue weighted by molar-refractivity contribution is -0.155. The van der Waals surface area contributed by atoms with Gasteiger partial charge in [0.15, 0.2) is 35.1 Å². The highest BCUT2D eigenvalue weighted by Gasteiger charge is 2.53. The molecular weight excluding hydrogens is 624 g/mol. The molecule has 2 aromatic carbocycles. The number of aliphatic hydroxyl groups is 4. The minimum atomic E-state index is -2.12. The summed E-state index contributed by atoms with van der Waals surface area (Å²) in [6, 6.07) is 5.41. The van der Waals surface area contributed by atoms with Crippen molar-refractivity contribution in [3.05, 3.63) is 82.0 Å². The van der Waals surface area contributed by atoms with Crippen molar-refractivity contribution in [2.24, 2.45) is 0 Å². The second kappa shape index (κ2) is 13.9. The number of carbonyl (C=O) groups excluding carboxylic acids is 1. The van der Waals surface area contributed by atoms with E-state index in [1.807, 2.05) is 0 Å². The first kappa shape index (κ1) is 33.6. The van der Waals surface area contributed by atoms with Gasteiger partial charge >= 0.3 is 0 Å². The van der Waals surface area contributed by atoms with Crippen LogP contribution in [-0.4, -0.2) is 88.3 Å². The predicted molar refractivity (Wildman–Crippen MR) is 148 cm³/mol. The van der Waals surface area contributed by atoms with Crippen LogP contribution >= 0.6 is 0 Å². The molecule has 0 radical (unpaired) electrons. The summed E-state index contributed by atoms with van der Waals surface area (Å²) in [5, 5.41) is 44.0. The summed E-state index contributed by atoms with van der Waals surface area (Å²) in [5.41, 5.74) is 3.03. The summed E-state index contributed by atoms with van der Waals surface area (Å²) in [5.74, 6) is -4.45. The largest absolute Gasteiger partial charge is 0.451 e. The van der Waals surface area contributed by atoms with Crippen molar-refractivity contribution < 1.29 is 66.6 Å². The highest BCUT2D eigenvalue weighted by molar-refractivity contribution is 5.97. The van der Waals surface area contributed by atoms with Crippen LogP contribution in [0.25, 0.3) is 6.08 Å². The fourth-order valence-electron chi connectivity index (χ4n) is 5.22. The summed E-state index contributed by atoms with van der Waals surface area (Å²) in [6.07, 6.45) is -10.6. The molecule has 3 fully saturated rings. The minimum Gasteiger partial charge on any atom is -0.451 e. The summed E-state index contributed by atoms with van der Waals surface area (Å²) >= 11 is 0. The second-order valence-corrected chi connectivity index (χ2v) is 11.0. The maximum Gasteiger partial charge on any atom is 0.275 e. The van der Waals surface area contributed by atoms with Crippen molar-refractivity contribution in [2.45, 2.75) is 75.6 Å². The monoisotopic (exact) mass is 656 g/mol. The van der Waals surface area contributed by atoms with E-state index in [1.54, 1.807) is 0 Å². The number of allylic oxidation sites excluding steroid dienone is 1. The third-order valence-corrected chi connectivity index (χ3v) is 7.73. The van der Waals surface area contributed by atoms with E-state index in [0.29, 0.717) is 5.56 Å². The van der Waals surface area contributed by atoms with E-state index in [4.69, 9.17) is 23.8 Å². The van der Waals surface area contributed by atoms with E-state index >= 15 is 0 Å². The minimum absolute atomic E-state index is 0.0465. The van der Waals surface area contributed by atoms with E-state index in [1.165, 1.54) is 32.1 Å². The van der Waals surface area contributed by atoms with E-state index in [2.05, 4.69) is 10.8 Å². The van der Waals surface area contributed by atoms with Gasteiger partial charge in [-0.15, -0.1) is 0 Å². The lowest BCUT2D eigenvalue weighted by Crippen LogP contribution is -2.67. The zero-order valence-electron chi connectivity index (χ0n) is 24.4. The third kappa shape index (κ3) is 6.97. The number of carbonyl (C=O) groups is 1. The van der Waals surface area contributed by atoms with Gasteiger partial charge in [0, 0.05) is 5.57 Å². The number of halogens is 4. The van der Waals surface area contributed by atoms with E-state index in [9.17, 15) is 42.8 Å². The molecule has 1 amide bonds. The number of alkyl halides is 1. The fraction of sp³-hybridized carbons (Fsp3) is 0.433. The van der Waals surface area contributed by atoms with Crippen molar-refractivity contribution >= 4 is 12.0 Å². The Morgan fingerprint density at radius 1 is 0.957 bits per heavy atom. The maximum atomic E-state index is 14.9. The first-order chi connectivity index (χ1) is 21.8. The van der Waals surface area contributed by atoms with Gasteiger partial charge in [0.05, 0.1) is 18.3 Å². The summed E-state index contributed by atoms with van der Waals surface area (Å²) in [6.45, 7) is 2.41. The molecule has 250 valence electrons. The fourth-order valence-corrected chi connectivity index (χ4v) is 5.22. The van der Waals surface area contributed by atoms with Gasteiger partial charge in [-0.25, -0.2) is 17.6 Å². The molecule has 2 saturated heterocycles. The Labute approximate surface area is 259 Å². The number of benzene rings is 2. The SMILES string of the molecule is CC(=Cc1ccc(O[C@@H]2OC(=C(C)NOCc3ccc(F)c(F)c3)[C@@H](O)[C@H]2F)c(F)c1)C(=O)N[C@@H]1[C@H](O)[C@@H](O)[C@H]2OCO[C@H]2[C@@H]1O. The number of fused-ring (bicyclic) bond motifs is 1. The summed E-state index contributed by atoms with van der Waals surface area (Å²) in [7, 11) is 0. The summed E-state index contributed by atoms with van der Waals surface area (Å²) < 4.78 is 77.4. The van der Waals surface area contributed by atoms with Gasteiger partial charge < -0.3 is 44.7 Å². The lowest BCUT2D eigenvalue weighted by Gasteiger charge is -2.41. The zero-order chi connectivity index (χ0) is 33.3. The number of amides is 1. The van der Waals surface area contributed by atoms with E-state index < -0.39 is 84.2 Å². The zero-order valence-corrected chi connectivity index (χ0v) is 24.4. The first-order valence-corrected chi connectivity index (χ1v) is 14.1. The average Bonchev–Trinajstić information content (AvgIpc) is 3.62. The van der Waals surface area contributed by atoms with Crippen LogP contribution in [-0.2, 0) is 30.4 Å². The molecule has 0 aromatic heterocycles. The molecule has 0 bridgehead atoms. The van der Waals surface area contributed by atoms with Gasteiger partial charge in [0.2, 0.25) is 12.1 Å². The quantitative estimate of drug-likeness (QED) is 0.131. The highest BCUT2D eigenvalue weighted by atomic mass is 19.2. The molecule has 9 atom stereocenters. The molecule has 16 heteroatoms. The molecule has 5 rings (SSSR count). The van der Waals surface area contributed by atoms with Crippen LogP contribution in [0.15, 0.2) is 53.4 Å². The van der Waals surface area contributed by atoms with Gasteiger partial charge in [-0.3, -0.25) is 15.1 Å². The highest BCUT2D eigenvalue weighted by Crippen LogP contribution is 2.33. The molecule has 1 aliphatic carbocycles.